The molecule has 0 radical (unpaired) electrons. The fourth-order valence-corrected chi connectivity index (χ4v) is 11.6. The summed E-state index contributed by atoms with van der Waals surface area (Å²) in [5.74, 6) is 4.20. The van der Waals surface area contributed by atoms with Gasteiger partial charge in [-0.15, -0.1) is 6.42 Å². The maximum absolute atomic E-state index is 14.1. The molecule has 1 aliphatic carbocycles. The quantitative estimate of drug-likeness (QED) is 0.0742. The molecule has 4 fully saturated rings. The van der Waals surface area contributed by atoms with Crippen LogP contribution in [-0.2, 0) is 27.3 Å². The van der Waals surface area contributed by atoms with Crippen molar-refractivity contribution in [1.82, 2.24) is 39.9 Å². The number of nitrogens with one attached hydrogen (secondary N) is 2. The molecule has 8 N–H and O–H groups in total. The number of rotatable bonds is 13. The Kier molecular flexibility index (Phi) is 15.8. The molecule has 2 aromatic heterocycles. The molecule has 1 saturated carbocycles. The maximum Gasteiger partial charge on any atom is 0.320 e. The summed E-state index contributed by atoms with van der Waals surface area (Å²) in [5.41, 5.74) is 19.7. The summed E-state index contributed by atoms with van der Waals surface area (Å²) in [6.07, 6.45) is 16.8. The number of aromatic hydroxyl groups is 1. The molecule has 4 aliphatic heterocycles. The number of urea groups is 1. The number of aliphatic hydroxyl groups excluding tert-OH is 1. The molecule has 6 heterocycles. The number of hydrogen-bond acceptors (Lipinski definition) is 12. The van der Waals surface area contributed by atoms with E-state index in [1.54, 1.807) is 35.1 Å². The lowest BCUT2D eigenvalue weighted by molar-refractivity contribution is -0.141. The lowest BCUT2D eigenvalue weighted by Crippen LogP contribution is -2.70. The normalized spacial score (nSPS) is 20.6. The number of carbonyl (C=O) groups is 3. The van der Waals surface area contributed by atoms with E-state index in [1.807, 2.05) is 74.5 Å². The number of phenolic OH excluding ortho intramolecular Hbond substituents is 1. The van der Waals surface area contributed by atoms with Crippen molar-refractivity contribution in [2.24, 2.45) is 16.6 Å². The average Bonchev–Trinajstić information content (AvgIpc) is 3.93. The van der Waals surface area contributed by atoms with Crippen LogP contribution in [0.4, 0.5) is 16.6 Å². The molecule has 17 nitrogen and oxygen atoms in total. The number of methoxy groups -OCH3 is 1. The number of para-hydroxylation sites is 1. The number of phenols is 1. The van der Waals surface area contributed by atoms with Crippen LogP contribution in [0.1, 0.15) is 111 Å². The number of piperidine rings is 1. The number of nitrogen functional groups attached to an aromatic ring is 1. The topological polar surface area (TPSA) is 223 Å². The first kappa shape index (κ1) is 51.7. The van der Waals surface area contributed by atoms with Gasteiger partial charge in [-0.25, -0.2) is 14.8 Å². The highest BCUT2D eigenvalue weighted by Crippen LogP contribution is 2.51. The average molecular weight is 984 g/mol. The standard InChI is InChI=1S/C45H64N10O5.C10H9NO/c1-28-38-34(20-35(46)33-8-6-7-9-37(33)57)40(47)50-36(38)13-17-54(28)42-48-23-30(24-49-42)29-10-14-51(15-11-29)31-21-45(22-31)26-53(27-45)43(59)55(18-19-60-5)39(44(2,3)4)41(58)52-16-12-32(56)25-52;1-2-9-3-5-10(6-4-9)7-11-8-12/h6-9,20,23-24,28-29,31-32,39,50,56-57H,10-19,21-22,25-27,46-47H2,1-5H3;1,3-6,8H,7H2,(H,11,12)/b35-20-;. The first-order chi connectivity index (χ1) is 34.5. The van der Waals surface area contributed by atoms with Crippen molar-refractivity contribution in [3.8, 4) is 18.1 Å². The highest BCUT2D eigenvalue weighted by Gasteiger charge is 2.56. The molecular formula is C55H73N11O6. The zero-order valence-electron chi connectivity index (χ0n) is 42.5. The summed E-state index contributed by atoms with van der Waals surface area (Å²) < 4.78 is 5.39. The molecule has 2 aromatic carbocycles. The summed E-state index contributed by atoms with van der Waals surface area (Å²) in [4.78, 5) is 61.3. The predicted molar refractivity (Wildman–Crippen MR) is 279 cm³/mol. The Balaban J connectivity index is 0.000000508. The van der Waals surface area contributed by atoms with Crippen LogP contribution in [0.25, 0.3) is 11.8 Å². The highest BCUT2D eigenvalue weighted by molar-refractivity contribution is 5.89. The number of carbonyl (C=O) groups excluding carboxylic acids is 3. The molecule has 9 rings (SSSR count). The number of H-pyrrole nitrogens is 1. The fraction of sp³-hybridized carbons (Fsp3) is 0.509. The third kappa shape index (κ3) is 11.2. The number of β-amino-alcohol motifs (C(OH)–C–C–N with tert-alkyl or cyclic N) is 1. The second kappa shape index (κ2) is 22.0. The van der Waals surface area contributed by atoms with Crippen molar-refractivity contribution in [3.05, 3.63) is 100.0 Å². The first-order valence-corrected chi connectivity index (χ1v) is 25.3. The van der Waals surface area contributed by atoms with Crippen LogP contribution >= 0.6 is 0 Å². The molecule has 3 atom stereocenters. The third-order valence-electron chi connectivity index (χ3n) is 15.4. The smallest absolute Gasteiger partial charge is 0.320 e. The molecule has 3 saturated heterocycles. The third-order valence-corrected chi connectivity index (χ3v) is 15.4. The van der Waals surface area contributed by atoms with Gasteiger partial charge in [-0.2, -0.15) is 0 Å². The number of fused-ring (bicyclic) bond motifs is 1. The van der Waals surface area contributed by atoms with E-state index < -0.39 is 17.6 Å². The number of benzene rings is 2. The minimum absolute atomic E-state index is 0.0405. The van der Waals surface area contributed by atoms with Crippen LogP contribution < -0.4 is 21.7 Å². The zero-order chi connectivity index (χ0) is 51.3. The van der Waals surface area contributed by atoms with Crippen molar-refractivity contribution in [1.29, 1.82) is 0 Å². The Morgan fingerprint density at radius 1 is 1.04 bits per heavy atom. The van der Waals surface area contributed by atoms with E-state index in [9.17, 15) is 24.6 Å². The number of hydrogen-bond donors (Lipinski definition) is 6. The van der Waals surface area contributed by atoms with E-state index in [-0.39, 0.29) is 29.1 Å². The van der Waals surface area contributed by atoms with E-state index in [1.165, 1.54) is 5.56 Å². The van der Waals surface area contributed by atoms with Crippen LogP contribution in [0.3, 0.4) is 0 Å². The molecule has 0 bridgehead atoms. The predicted octanol–water partition coefficient (Wildman–Crippen LogP) is 5.31. The van der Waals surface area contributed by atoms with Gasteiger partial charge in [-0.05, 0) is 105 Å². The maximum atomic E-state index is 14.1. The molecule has 4 aromatic rings. The van der Waals surface area contributed by atoms with Gasteiger partial charge < -0.3 is 61.2 Å². The number of anilines is 2. The van der Waals surface area contributed by atoms with Gasteiger partial charge in [-0.1, -0.05) is 51.0 Å². The van der Waals surface area contributed by atoms with Crippen molar-refractivity contribution in [3.63, 3.8) is 0 Å². The van der Waals surface area contributed by atoms with Gasteiger partial charge in [-0.3, -0.25) is 9.59 Å². The summed E-state index contributed by atoms with van der Waals surface area (Å²) in [6, 6.07) is 14.3. The minimum Gasteiger partial charge on any atom is -0.507 e. The first-order valence-electron chi connectivity index (χ1n) is 25.3. The molecule has 5 aliphatic rings. The highest BCUT2D eigenvalue weighted by atomic mass is 16.5. The molecule has 1 spiro atoms. The van der Waals surface area contributed by atoms with Crippen molar-refractivity contribution in [2.45, 2.75) is 103 Å². The molecule has 4 amide bonds. The van der Waals surface area contributed by atoms with Crippen LogP contribution in [0.5, 0.6) is 5.75 Å². The van der Waals surface area contributed by atoms with Crippen LogP contribution in [0.2, 0.25) is 0 Å². The van der Waals surface area contributed by atoms with Gasteiger partial charge in [0.2, 0.25) is 18.3 Å². The van der Waals surface area contributed by atoms with E-state index in [4.69, 9.17) is 32.6 Å². The van der Waals surface area contributed by atoms with E-state index in [2.05, 4.69) is 32.9 Å². The number of amides is 4. The summed E-state index contributed by atoms with van der Waals surface area (Å²) >= 11 is 0. The second-order valence-corrected chi connectivity index (χ2v) is 21.4. The Labute approximate surface area is 424 Å². The number of nitrogens with zero attached hydrogens (tertiary/aromatic N) is 7. The van der Waals surface area contributed by atoms with E-state index in [0.717, 1.165) is 92.8 Å². The van der Waals surface area contributed by atoms with Crippen LogP contribution in [0, 0.1) is 23.2 Å². The lowest BCUT2D eigenvalue weighted by atomic mass is 9.60. The monoisotopic (exact) mass is 984 g/mol. The van der Waals surface area contributed by atoms with Crippen molar-refractivity contribution >= 4 is 41.9 Å². The summed E-state index contributed by atoms with van der Waals surface area (Å²) in [5, 5.41) is 23.1. The van der Waals surface area contributed by atoms with Gasteiger partial charge in [0.1, 0.15) is 17.6 Å². The Bertz CT molecular complexity index is 2600. The van der Waals surface area contributed by atoms with Crippen molar-refractivity contribution in [2.75, 3.05) is 76.7 Å². The Morgan fingerprint density at radius 2 is 1.74 bits per heavy atom. The SMILES string of the molecule is C#Cc1ccc(CNC=O)cc1.COCCN(C(=O)N1CC2(CC(N3CCC(c4cnc(N5CCc6[nH]c(N)c(/C=C(\N)c7ccccc7O)c6C5C)nc4)CC3)C2)C1)C(C(=O)N1CCC(O)C1)C(C)(C)C. The number of ether oxygens (including phenoxy) is 1. The van der Waals surface area contributed by atoms with Crippen LogP contribution in [0.15, 0.2) is 60.9 Å². The molecule has 3 unspecified atom stereocenters. The van der Waals surface area contributed by atoms with Gasteiger partial charge in [0.25, 0.3) is 0 Å². The van der Waals surface area contributed by atoms with Gasteiger partial charge in [0, 0.05) is 117 Å². The summed E-state index contributed by atoms with van der Waals surface area (Å²) in [7, 11) is 1.62. The zero-order valence-corrected chi connectivity index (χ0v) is 42.5. The van der Waals surface area contributed by atoms with E-state index >= 15 is 0 Å². The van der Waals surface area contributed by atoms with Crippen molar-refractivity contribution < 1.29 is 29.3 Å². The largest absolute Gasteiger partial charge is 0.507 e. The Morgan fingerprint density at radius 3 is 2.35 bits per heavy atom. The number of terminal acetylenes is 1. The molecule has 72 heavy (non-hydrogen) atoms. The Hall–Kier alpha value is -6.61. The van der Waals surface area contributed by atoms with Crippen LogP contribution in [-0.4, -0.2) is 147 Å². The number of nitrogens with two attached hydrogens (primary N) is 2. The molecule has 384 valence electrons. The number of likely N-dealkylation sites (tertiary alicyclic amines) is 3. The number of aliphatic hydroxyl groups is 1. The lowest BCUT2D eigenvalue weighted by Gasteiger charge is -2.62. The van der Waals surface area contributed by atoms with Gasteiger partial charge in [0.05, 0.1) is 18.8 Å². The van der Waals surface area contributed by atoms with E-state index in [0.29, 0.717) is 80.6 Å². The second-order valence-electron chi connectivity index (χ2n) is 21.4. The van der Waals surface area contributed by atoms with Gasteiger partial charge in [0.15, 0.2) is 0 Å². The number of aromatic nitrogens is 3. The molecular weight excluding hydrogens is 911 g/mol. The summed E-state index contributed by atoms with van der Waals surface area (Å²) in [6.45, 7) is 14.5. The minimum atomic E-state index is -0.640. The van der Waals surface area contributed by atoms with Gasteiger partial charge >= 0.3 is 6.03 Å². The number of aromatic amines is 1. The molecule has 17 heteroatoms. The fourth-order valence-electron chi connectivity index (χ4n) is 11.6.